The van der Waals surface area contributed by atoms with E-state index in [2.05, 4.69) is 34.5 Å². The predicted octanol–water partition coefficient (Wildman–Crippen LogP) is 4.47. The van der Waals surface area contributed by atoms with Crippen molar-refractivity contribution in [2.75, 3.05) is 11.9 Å². The first-order chi connectivity index (χ1) is 9.28. The van der Waals surface area contributed by atoms with Gasteiger partial charge in [-0.05, 0) is 36.5 Å². The van der Waals surface area contributed by atoms with Gasteiger partial charge in [-0.25, -0.2) is 13.1 Å². The summed E-state index contributed by atoms with van der Waals surface area (Å²) in [6.07, 6.45) is 1.77. The second-order valence-corrected chi connectivity index (χ2v) is 7.97. The molecule has 114 valence electrons. The lowest BCUT2D eigenvalue weighted by molar-refractivity contribution is 0.309. The van der Waals surface area contributed by atoms with E-state index in [0.29, 0.717) is 16.6 Å². The molecule has 0 radical (unpaired) electrons. The van der Waals surface area contributed by atoms with Crippen LogP contribution >= 0.6 is 39.1 Å². The van der Waals surface area contributed by atoms with Crippen molar-refractivity contribution in [1.82, 2.24) is 4.72 Å². The number of rotatable bonds is 7. The molecule has 0 aliphatic rings. The summed E-state index contributed by atoms with van der Waals surface area (Å²) in [6.45, 7) is 4.47. The predicted molar refractivity (Wildman–Crippen MR) is 88.5 cm³/mol. The molecule has 20 heavy (non-hydrogen) atoms. The van der Waals surface area contributed by atoms with Crippen LogP contribution in [0, 0.1) is 5.41 Å². The number of benzene rings is 1. The van der Waals surface area contributed by atoms with Crippen molar-refractivity contribution in [3.05, 3.63) is 28.2 Å². The average Bonchev–Trinajstić information content (AvgIpc) is 2.40. The highest BCUT2D eigenvalue weighted by Crippen LogP contribution is 2.29. The minimum atomic E-state index is -3.61. The quantitative estimate of drug-likeness (QED) is 0.683. The topological polar surface area (TPSA) is 46.2 Å². The highest BCUT2D eigenvalue weighted by atomic mass is 79.9. The molecule has 0 aliphatic heterocycles. The van der Waals surface area contributed by atoms with Crippen molar-refractivity contribution in [3.8, 4) is 0 Å². The Hall–Kier alpha value is 0.190. The Morgan fingerprint density at radius 2 is 1.65 bits per heavy atom. The average molecular weight is 403 g/mol. The number of nitrogens with one attached hydrogen (secondary N) is 1. The fourth-order valence-electron chi connectivity index (χ4n) is 1.75. The van der Waals surface area contributed by atoms with Gasteiger partial charge in [0.15, 0.2) is 0 Å². The zero-order valence-electron chi connectivity index (χ0n) is 11.4. The van der Waals surface area contributed by atoms with Crippen LogP contribution in [0.5, 0.6) is 0 Å². The molecule has 0 fully saturated rings. The third-order valence-electron chi connectivity index (χ3n) is 3.57. The van der Waals surface area contributed by atoms with Gasteiger partial charge >= 0.3 is 0 Å². The molecule has 0 aliphatic carbocycles. The summed E-state index contributed by atoms with van der Waals surface area (Å²) in [5.41, 5.74) is -0.0879. The summed E-state index contributed by atoms with van der Waals surface area (Å²) in [4.78, 5) is 0.0886. The highest BCUT2D eigenvalue weighted by Gasteiger charge is 2.27. The first-order valence-corrected chi connectivity index (χ1v) is 9.66. The molecule has 0 amide bonds. The first-order valence-electron chi connectivity index (χ1n) is 6.30. The minimum Gasteiger partial charge on any atom is -0.211 e. The van der Waals surface area contributed by atoms with Gasteiger partial charge in [-0.3, -0.25) is 0 Å². The van der Waals surface area contributed by atoms with Gasteiger partial charge < -0.3 is 0 Å². The fourth-order valence-corrected chi connectivity index (χ4v) is 4.63. The maximum Gasteiger partial charge on any atom is 0.240 e. The monoisotopic (exact) mass is 401 g/mol. The van der Waals surface area contributed by atoms with E-state index in [-0.39, 0.29) is 10.3 Å². The standard InChI is InChI=1S/C13H18BrCl2NO2S/c1-3-13(4-2,8-14)9-17-20(18,19)12-6-10(15)5-11(16)7-12/h5-7,17H,3-4,8-9H2,1-2H3. The van der Waals surface area contributed by atoms with Crippen molar-refractivity contribution >= 4 is 49.2 Å². The molecule has 0 atom stereocenters. The van der Waals surface area contributed by atoms with Crippen LogP contribution in [0.15, 0.2) is 23.1 Å². The van der Waals surface area contributed by atoms with Crippen LogP contribution in [0.1, 0.15) is 26.7 Å². The van der Waals surface area contributed by atoms with Gasteiger partial charge in [-0.2, -0.15) is 0 Å². The summed E-state index contributed by atoms with van der Waals surface area (Å²) in [5.74, 6) is 0. The third-order valence-corrected chi connectivity index (χ3v) is 6.57. The minimum absolute atomic E-state index is 0.0879. The van der Waals surface area contributed by atoms with Crippen LogP contribution in [0.25, 0.3) is 0 Å². The van der Waals surface area contributed by atoms with Gasteiger partial charge in [0.05, 0.1) is 4.90 Å². The highest BCUT2D eigenvalue weighted by molar-refractivity contribution is 9.09. The molecule has 0 saturated carbocycles. The van der Waals surface area contributed by atoms with Crippen molar-refractivity contribution < 1.29 is 8.42 Å². The molecule has 1 aromatic rings. The zero-order chi connectivity index (χ0) is 15.4. The molecule has 1 aromatic carbocycles. The number of sulfonamides is 1. The molecule has 0 aromatic heterocycles. The van der Waals surface area contributed by atoms with E-state index in [1.54, 1.807) is 0 Å². The SMILES string of the molecule is CCC(CC)(CBr)CNS(=O)(=O)c1cc(Cl)cc(Cl)c1. The Balaban J connectivity index is 2.95. The molecule has 0 heterocycles. The van der Waals surface area contributed by atoms with E-state index < -0.39 is 10.0 Å². The van der Waals surface area contributed by atoms with E-state index in [1.807, 2.05) is 0 Å². The Labute approximate surface area is 139 Å². The van der Waals surface area contributed by atoms with Crippen molar-refractivity contribution in [2.24, 2.45) is 5.41 Å². The molecule has 7 heteroatoms. The number of halogens is 3. The Kier molecular flexibility index (Phi) is 6.80. The van der Waals surface area contributed by atoms with Crippen LogP contribution in [0.3, 0.4) is 0 Å². The number of alkyl halides is 1. The van der Waals surface area contributed by atoms with Crippen LogP contribution in [0.2, 0.25) is 10.0 Å². The van der Waals surface area contributed by atoms with E-state index in [9.17, 15) is 8.42 Å². The summed E-state index contributed by atoms with van der Waals surface area (Å²) < 4.78 is 27.2. The van der Waals surface area contributed by atoms with Gasteiger partial charge in [-0.1, -0.05) is 53.0 Å². The molecule has 0 bridgehead atoms. The third kappa shape index (κ3) is 4.60. The Morgan fingerprint density at radius 1 is 1.15 bits per heavy atom. The van der Waals surface area contributed by atoms with E-state index >= 15 is 0 Å². The summed E-state index contributed by atoms with van der Waals surface area (Å²) >= 11 is 15.2. The van der Waals surface area contributed by atoms with E-state index in [4.69, 9.17) is 23.2 Å². The fraction of sp³-hybridized carbons (Fsp3) is 0.538. The van der Waals surface area contributed by atoms with Crippen LogP contribution < -0.4 is 4.72 Å². The summed E-state index contributed by atoms with van der Waals surface area (Å²) in [6, 6.07) is 4.29. The second kappa shape index (κ2) is 7.45. The lowest BCUT2D eigenvalue weighted by atomic mass is 9.85. The van der Waals surface area contributed by atoms with E-state index in [0.717, 1.165) is 18.2 Å². The largest absolute Gasteiger partial charge is 0.240 e. The second-order valence-electron chi connectivity index (χ2n) is 4.77. The molecular formula is C13H18BrCl2NO2S. The number of hydrogen-bond acceptors (Lipinski definition) is 2. The molecule has 0 spiro atoms. The smallest absolute Gasteiger partial charge is 0.211 e. The molecular weight excluding hydrogens is 385 g/mol. The van der Waals surface area contributed by atoms with E-state index in [1.165, 1.54) is 18.2 Å². The first kappa shape index (κ1) is 18.2. The number of hydrogen-bond donors (Lipinski definition) is 1. The molecule has 0 saturated heterocycles. The van der Waals surface area contributed by atoms with Crippen molar-refractivity contribution in [3.63, 3.8) is 0 Å². The van der Waals surface area contributed by atoms with Gasteiger partial charge in [0.2, 0.25) is 10.0 Å². The Morgan fingerprint density at radius 3 is 2.05 bits per heavy atom. The Bertz CT molecular complexity index is 531. The normalized spacial score (nSPS) is 12.7. The van der Waals surface area contributed by atoms with Gasteiger partial charge in [0.25, 0.3) is 0 Å². The van der Waals surface area contributed by atoms with Gasteiger partial charge in [0.1, 0.15) is 0 Å². The lowest BCUT2D eigenvalue weighted by Gasteiger charge is -2.29. The van der Waals surface area contributed by atoms with Crippen LogP contribution in [-0.2, 0) is 10.0 Å². The molecule has 1 rings (SSSR count). The van der Waals surface area contributed by atoms with Gasteiger partial charge in [-0.15, -0.1) is 0 Å². The van der Waals surface area contributed by atoms with Crippen molar-refractivity contribution in [2.45, 2.75) is 31.6 Å². The summed E-state index contributed by atoms with van der Waals surface area (Å²) in [5, 5.41) is 1.34. The molecule has 3 nitrogen and oxygen atoms in total. The summed E-state index contributed by atoms with van der Waals surface area (Å²) in [7, 11) is -3.61. The van der Waals surface area contributed by atoms with Crippen LogP contribution in [0.4, 0.5) is 0 Å². The van der Waals surface area contributed by atoms with Gasteiger partial charge in [0, 0.05) is 21.9 Å². The maximum atomic E-state index is 12.3. The van der Waals surface area contributed by atoms with Crippen molar-refractivity contribution in [1.29, 1.82) is 0 Å². The van der Waals surface area contributed by atoms with Crippen LogP contribution in [-0.4, -0.2) is 20.3 Å². The maximum absolute atomic E-state index is 12.3. The zero-order valence-corrected chi connectivity index (χ0v) is 15.3. The molecule has 0 unspecified atom stereocenters. The lowest BCUT2D eigenvalue weighted by Crippen LogP contribution is -2.38. The molecule has 1 N–H and O–H groups in total.